The zero-order valence-corrected chi connectivity index (χ0v) is 12.6. The summed E-state index contributed by atoms with van der Waals surface area (Å²) in [4.78, 5) is 24.8. The first kappa shape index (κ1) is 14.6. The van der Waals surface area contributed by atoms with E-state index < -0.39 is 5.97 Å². The third kappa shape index (κ3) is 2.58. The van der Waals surface area contributed by atoms with Gasteiger partial charge >= 0.3 is 5.97 Å². The van der Waals surface area contributed by atoms with Gasteiger partial charge in [-0.3, -0.25) is 4.79 Å². The number of carboxylic acids is 1. The molecule has 0 aliphatic carbocycles. The molecule has 7 heteroatoms. The van der Waals surface area contributed by atoms with Gasteiger partial charge < -0.3 is 19.5 Å². The zero-order chi connectivity index (χ0) is 14.9. The minimum absolute atomic E-state index is 0.0117. The molecule has 0 bridgehead atoms. The van der Waals surface area contributed by atoms with E-state index in [9.17, 15) is 14.7 Å². The van der Waals surface area contributed by atoms with Gasteiger partial charge in [-0.1, -0.05) is 15.9 Å². The van der Waals surface area contributed by atoms with Gasteiger partial charge in [0.1, 0.15) is 0 Å². The molecule has 108 valence electrons. The van der Waals surface area contributed by atoms with Crippen molar-refractivity contribution in [1.82, 2.24) is 0 Å². The highest BCUT2D eigenvalue weighted by Crippen LogP contribution is 2.37. The number of ether oxygens (including phenoxy) is 2. The topological polar surface area (TPSA) is 76.1 Å². The quantitative estimate of drug-likeness (QED) is 0.845. The molecule has 1 N–H and O–H groups in total. The van der Waals surface area contributed by atoms with Crippen LogP contribution in [0.15, 0.2) is 12.1 Å². The van der Waals surface area contributed by atoms with Crippen LogP contribution in [-0.2, 0) is 4.79 Å². The summed E-state index contributed by atoms with van der Waals surface area (Å²) in [6.45, 7) is 0.425. The van der Waals surface area contributed by atoms with Crippen molar-refractivity contribution >= 4 is 33.5 Å². The summed E-state index contributed by atoms with van der Waals surface area (Å²) in [5.41, 5.74) is 0.333. The second kappa shape index (κ2) is 5.70. The maximum absolute atomic E-state index is 11.9. The Kier molecular flexibility index (Phi) is 4.17. The van der Waals surface area contributed by atoms with E-state index in [0.717, 1.165) is 0 Å². The van der Waals surface area contributed by atoms with E-state index in [2.05, 4.69) is 15.9 Å². The molecule has 1 saturated heterocycles. The van der Waals surface area contributed by atoms with Crippen molar-refractivity contribution in [2.45, 2.75) is 11.2 Å². The number of halogens is 1. The van der Waals surface area contributed by atoms with Crippen LogP contribution in [0.4, 0.5) is 5.69 Å². The summed E-state index contributed by atoms with van der Waals surface area (Å²) < 4.78 is 10.3. The van der Waals surface area contributed by atoms with E-state index in [1.807, 2.05) is 0 Å². The summed E-state index contributed by atoms with van der Waals surface area (Å²) in [5.74, 6) is -0.539. The summed E-state index contributed by atoms with van der Waals surface area (Å²) in [5, 5.41) is 9.32. The number of amides is 1. The largest absolute Gasteiger partial charge is 0.493 e. The number of aromatic carboxylic acids is 1. The Morgan fingerprint density at radius 1 is 1.35 bits per heavy atom. The van der Waals surface area contributed by atoms with Gasteiger partial charge in [0.25, 0.3) is 0 Å². The van der Waals surface area contributed by atoms with E-state index in [1.165, 1.54) is 31.3 Å². The molecule has 20 heavy (non-hydrogen) atoms. The number of carbonyl (C=O) groups is 2. The lowest BCUT2D eigenvalue weighted by Crippen LogP contribution is -2.26. The number of benzene rings is 1. The molecular formula is C13H14BrNO5. The number of anilines is 1. The number of methoxy groups -OCH3 is 2. The number of carboxylic acid groups (broad SMARTS) is 1. The van der Waals surface area contributed by atoms with Crippen molar-refractivity contribution in [2.75, 3.05) is 25.7 Å². The summed E-state index contributed by atoms with van der Waals surface area (Å²) in [7, 11) is 2.89. The van der Waals surface area contributed by atoms with Crippen molar-refractivity contribution in [3.63, 3.8) is 0 Å². The maximum atomic E-state index is 11.9. The number of nitrogens with zero attached hydrogens (tertiary/aromatic N) is 1. The molecule has 0 spiro atoms. The van der Waals surface area contributed by atoms with Crippen LogP contribution < -0.4 is 14.4 Å². The molecular weight excluding hydrogens is 330 g/mol. The average Bonchev–Trinajstić information content (AvgIpc) is 2.75. The predicted octanol–water partition coefficient (Wildman–Crippen LogP) is 1.90. The van der Waals surface area contributed by atoms with Crippen molar-refractivity contribution in [2.24, 2.45) is 0 Å². The molecule has 1 fully saturated rings. The van der Waals surface area contributed by atoms with Crippen LogP contribution in [0.5, 0.6) is 11.5 Å². The molecule has 6 nitrogen and oxygen atoms in total. The Labute approximate surface area is 124 Å². The monoisotopic (exact) mass is 343 g/mol. The number of hydrogen-bond acceptors (Lipinski definition) is 4. The van der Waals surface area contributed by atoms with Crippen molar-refractivity contribution in [1.29, 1.82) is 0 Å². The van der Waals surface area contributed by atoms with Gasteiger partial charge in [0.2, 0.25) is 5.91 Å². The van der Waals surface area contributed by atoms with Crippen LogP contribution in [0.2, 0.25) is 0 Å². The third-order valence-corrected chi connectivity index (χ3v) is 3.71. The summed E-state index contributed by atoms with van der Waals surface area (Å²) >= 11 is 3.38. The van der Waals surface area contributed by atoms with Crippen molar-refractivity contribution < 1.29 is 24.2 Å². The average molecular weight is 344 g/mol. The molecule has 0 saturated carbocycles. The van der Waals surface area contributed by atoms with Gasteiger partial charge in [-0.15, -0.1) is 0 Å². The fourth-order valence-corrected chi connectivity index (χ4v) is 2.73. The highest BCUT2D eigenvalue weighted by molar-refractivity contribution is 9.09. The number of alkyl halides is 1. The first-order valence-corrected chi connectivity index (χ1v) is 6.83. The Hall–Kier alpha value is -1.76. The lowest BCUT2D eigenvalue weighted by Gasteiger charge is -2.20. The van der Waals surface area contributed by atoms with Crippen LogP contribution in [0.3, 0.4) is 0 Å². The lowest BCUT2D eigenvalue weighted by atomic mass is 10.1. The van der Waals surface area contributed by atoms with Crippen LogP contribution >= 0.6 is 15.9 Å². The van der Waals surface area contributed by atoms with E-state index in [4.69, 9.17) is 9.47 Å². The van der Waals surface area contributed by atoms with E-state index in [1.54, 1.807) is 0 Å². The highest BCUT2D eigenvalue weighted by atomic mass is 79.9. The van der Waals surface area contributed by atoms with Gasteiger partial charge in [-0.25, -0.2) is 4.79 Å². The summed E-state index contributed by atoms with van der Waals surface area (Å²) in [6, 6.07) is 2.89. The number of hydrogen-bond donors (Lipinski definition) is 1. The van der Waals surface area contributed by atoms with Gasteiger partial charge in [0.05, 0.1) is 25.5 Å². The Balaban J connectivity index is 2.55. The Morgan fingerprint density at radius 2 is 1.95 bits per heavy atom. The van der Waals surface area contributed by atoms with Crippen molar-refractivity contribution in [3.05, 3.63) is 17.7 Å². The number of rotatable bonds is 4. The highest BCUT2D eigenvalue weighted by Gasteiger charge is 2.32. The van der Waals surface area contributed by atoms with Crippen LogP contribution in [0.25, 0.3) is 0 Å². The lowest BCUT2D eigenvalue weighted by molar-refractivity contribution is -0.117. The van der Waals surface area contributed by atoms with E-state index in [-0.39, 0.29) is 16.3 Å². The predicted molar refractivity (Wildman–Crippen MR) is 76.2 cm³/mol. The second-order valence-corrected chi connectivity index (χ2v) is 5.63. The van der Waals surface area contributed by atoms with Crippen LogP contribution in [-0.4, -0.2) is 42.6 Å². The minimum atomic E-state index is -1.12. The van der Waals surface area contributed by atoms with Gasteiger partial charge in [-0.05, 0) is 0 Å². The SMILES string of the molecule is COc1cc(C(=O)O)c(N2CC(Br)CC2=O)cc1OC. The third-order valence-electron chi connectivity index (χ3n) is 3.10. The fourth-order valence-electron chi connectivity index (χ4n) is 2.16. The standard InChI is InChI=1S/C13H14BrNO5/c1-19-10-4-8(13(17)18)9(5-11(10)20-2)15-6-7(14)3-12(15)16/h4-5,7H,3,6H2,1-2H3,(H,17,18). The minimum Gasteiger partial charge on any atom is -0.493 e. The number of carbonyl (C=O) groups excluding carboxylic acids is 1. The Morgan fingerprint density at radius 3 is 2.40 bits per heavy atom. The first-order chi connectivity index (χ1) is 9.47. The molecule has 2 rings (SSSR count). The molecule has 1 unspecified atom stereocenters. The fraction of sp³-hybridized carbons (Fsp3) is 0.385. The molecule has 1 aromatic rings. The molecule has 1 amide bonds. The van der Waals surface area contributed by atoms with Gasteiger partial charge in [0.15, 0.2) is 11.5 Å². The van der Waals surface area contributed by atoms with E-state index in [0.29, 0.717) is 30.2 Å². The molecule has 1 atom stereocenters. The van der Waals surface area contributed by atoms with Gasteiger partial charge in [0, 0.05) is 29.9 Å². The van der Waals surface area contributed by atoms with Gasteiger partial charge in [-0.2, -0.15) is 0 Å². The van der Waals surface area contributed by atoms with Crippen LogP contribution in [0, 0.1) is 0 Å². The zero-order valence-electron chi connectivity index (χ0n) is 11.1. The molecule has 0 radical (unpaired) electrons. The molecule has 1 aliphatic heterocycles. The molecule has 1 aliphatic rings. The summed E-state index contributed by atoms with van der Waals surface area (Å²) in [6.07, 6.45) is 0.341. The van der Waals surface area contributed by atoms with Crippen LogP contribution in [0.1, 0.15) is 16.8 Å². The maximum Gasteiger partial charge on any atom is 0.337 e. The molecule has 0 aromatic heterocycles. The Bertz CT molecular complexity index is 560. The van der Waals surface area contributed by atoms with E-state index >= 15 is 0 Å². The smallest absolute Gasteiger partial charge is 0.337 e. The first-order valence-electron chi connectivity index (χ1n) is 5.91. The molecule has 1 aromatic carbocycles. The molecule has 1 heterocycles. The normalized spacial score (nSPS) is 18.2. The van der Waals surface area contributed by atoms with Crippen molar-refractivity contribution in [3.8, 4) is 11.5 Å². The second-order valence-electron chi connectivity index (χ2n) is 4.34.